The molecule has 0 unspecified atom stereocenters. The highest BCUT2D eigenvalue weighted by Crippen LogP contribution is 2.21. The molecule has 5 heteroatoms. The van der Waals surface area contributed by atoms with E-state index in [0.717, 1.165) is 48.9 Å². The smallest absolute Gasteiger partial charge is 0.224 e. The molecular weight excluding hydrogens is 448 g/mol. The van der Waals surface area contributed by atoms with Crippen molar-refractivity contribution in [3.05, 3.63) is 58.8 Å². The molecule has 0 saturated heterocycles. The van der Waals surface area contributed by atoms with Crippen molar-refractivity contribution in [2.24, 2.45) is 0 Å². The topological polar surface area (TPSA) is 75.3 Å². The van der Waals surface area contributed by atoms with Gasteiger partial charge in [-0.2, -0.15) is 0 Å². The minimum atomic E-state index is -0.212. The quantitative estimate of drug-likeness (QED) is 0.219. The second-order valence-corrected chi connectivity index (χ2v) is 9.61. The van der Waals surface area contributed by atoms with Gasteiger partial charge in [0.25, 0.3) is 0 Å². The lowest BCUT2D eigenvalue weighted by Crippen LogP contribution is -2.16. The van der Waals surface area contributed by atoms with E-state index in [-0.39, 0.29) is 17.2 Å². The Bertz CT molecular complexity index is 986. The van der Waals surface area contributed by atoms with Crippen LogP contribution in [0.5, 0.6) is 0 Å². The number of carbonyl (C=O) groups excluding carboxylic acids is 2. The fourth-order valence-electron chi connectivity index (χ4n) is 4.18. The predicted molar refractivity (Wildman–Crippen MR) is 151 cm³/mol. The molecule has 2 aromatic rings. The lowest BCUT2D eigenvalue weighted by molar-refractivity contribution is -0.117. The molecule has 5 nitrogen and oxygen atoms in total. The monoisotopic (exact) mass is 492 g/mol. The van der Waals surface area contributed by atoms with Crippen LogP contribution < -0.4 is 16.1 Å². The van der Waals surface area contributed by atoms with E-state index in [1.54, 1.807) is 12.1 Å². The van der Waals surface area contributed by atoms with Gasteiger partial charge >= 0.3 is 0 Å². The van der Waals surface area contributed by atoms with Crippen LogP contribution in [0.15, 0.2) is 53.3 Å². The third-order valence-corrected chi connectivity index (χ3v) is 6.40. The fraction of sp³-hybridized carbons (Fsp3) is 0.516. The normalized spacial score (nSPS) is 10.7. The lowest BCUT2D eigenvalue weighted by Gasteiger charge is -2.07. The summed E-state index contributed by atoms with van der Waals surface area (Å²) in [6.45, 7) is 4.39. The van der Waals surface area contributed by atoms with E-state index in [0.29, 0.717) is 18.5 Å². The highest BCUT2D eigenvalue weighted by Gasteiger charge is 2.07. The zero-order chi connectivity index (χ0) is 26.0. The van der Waals surface area contributed by atoms with Crippen LogP contribution in [0.2, 0.25) is 0 Å². The van der Waals surface area contributed by atoms with Gasteiger partial charge in [-0.25, -0.2) is 0 Å². The molecule has 0 atom stereocenters. The molecule has 0 aliphatic carbocycles. The Morgan fingerprint density at radius 1 is 0.556 bits per heavy atom. The van der Waals surface area contributed by atoms with E-state index in [4.69, 9.17) is 0 Å². The Balaban J connectivity index is 1.85. The first-order valence-corrected chi connectivity index (χ1v) is 13.9. The summed E-state index contributed by atoms with van der Waals surface area (Å²) in [5.74, 6) is -0.0712. The summed E-state index contributed by atoms with van der Waals surface area (Å²) in [7, 11) is 0. The number of amides is 2. The van der Waals surface area contributed by atoms with Crippen LogP contribution in [-0.2, 0) is 9.59 Å². The Kier molecular flexibility index (Phi) is 14.2. The SMILES string of the molecule is CCCCCCCCC(=O)Nc1ccc(-c2ccc(NC(=O)CCCCCCCC)c(=O)cc2)cc1. The fourth-order valence-corrected chi connectivity index (χ4v) is 4.18. The first kappa shape index (κ1) is 29.3. The molecule has 0 aliphatic rings. The summed E-state index contributed by atoms with van der Waals surface area (Å²) in [6.07, 6.45) is 14.6. The summed E-state index contributed by atoms with van der Waals surface area (Å²) in [6, 6.07) is 14.4. The molecule has 0 heterocycles. The van der Waals surface area contributed by atoms with Crippen LogP contribution in [0.3, 0.4) is 0 Å². The molecule has 0 spiro atoms. The molecule has 36 heavy (non-hydrogen) atoms. The number of hydrogen-bond acceptors (Lipinski definition) is 3. The average Bonchev–Trinajstić information content (AvgIpc) is 3.05. The van der Waals surface area contributed by atoms with Gasteiger partial charge in [-0.15, -0.1) is 0 Å². The molecule has 0 bridgehead atoms. The maximum Gasteiger partial charge on any atom is 0.224 e. The first-order chi connectivity index (χ1) is 17.5. The Morgan fingerprint density at radius 3 is 1.56 bits per heavy atom. The molecule has 2 amide bonds. The summed E-state index contributed by atoms with van der Waals surface area (Å²) in [4.78, 5) is 36.9. The molecule has 0 saturated carbocycles. The van der Waals surface area contributed by atoms with E-state index < -0.39 is 0 Å². The highest BCUT2D eigenvalue weighted by molar-refractivity contribution is 5.91. The van der Waals surface area contributed by atoms with Gasteiger partial charge in [0.1, 0.15) is 0 Å². The van der Waals surface area contributed by atoms with Crippen molar-refractivity contribution in [2.45, 2.75) is 104 Å². The largest absolute Gasteiger partial charge is 0.326 e. The molecular formula is C31H44N2O3. The number of unbranched alkanes of at least 4 members (excludes halogenated alkanes) is 10. The van der Waals surface area contributed by atoms with Gasteiger partial charge in [0.05, 0.1) is 5.69 Å². The van der Waals surface area contributed by atoms with Crippen molar-refractivity contribution < 1.29 is 9.59 Å². The minimum Gasteiger partial charge on any atom is -0.326 e. The van der Waals surface area contributed by atoms with E-state index in [2.05, 4.69) is 24.5 Å². The molecule has 196 valence electrons. The van der Waals surface area contributed by atoms with Gasteiger partial charge in [0.2, 0.25) is 17.2 Å². The predicted octanol–water partition coefficient (Wildman–Crippen LogP) is 8.09. The number of hydrogen-bond donors (Lipinski definition) is 2. The van der Waals surface area contributed by atoms with Gasteiger partial charge in [-0.3, -0.25) is 14.4 Å². The number of benzene rings is 1. The minimum absolute atomic E-state index is 0.0432. The van der Waals surface area contributed by atoms with Crippen molar-refractivity contribution >= 4 is 23.2 Å². The first-order valence-electron chi connectivity index (χ1n) is 13.9. The van der Waals surface area contributed by atoms with Gasteiger partial charge in [-0.05, 0) is 48.2 Å². The molecule has 2 rings (SSSR count). The summed E-state index contributed by atoms with van der Waals surface area (Å²) < 4.78 is 0. The van der Waals surface area contributed by atoms with Gasteiger partial charge in [0, 0.05) is 18.5 Å². The van der Waals surface area contributed by atoms with E-state index >= 15 is 0 Å². The van der Waals surface area contributed by atoms with Crippen LogP contribution in [0.25, 0.3) is 11.1 Å². The van der Waals surface area contributed by atoms with Gasteiger partial charge in [-0.1, -0.05) is 102 Å². The van der Waals surface area contributed by atoms with E-state index in [9.17, 15) is 14.4 Å². The van der Waals surface area contributed by atoms with Gasteiger partial charge in [0.15, 0.2) is 0 Å². The van der Waals surface area contributed by atoms with E-state index in [1.807, 2.05) is 30.3 Å². The molecule has 2 N–H and O–H groups in total. The van der Waals surface area contributed by atoms with Crippen molar-refractivity contribution in [1.29, 1.82) is 0 Å². The zero-order valence-corrected chi connectivity index (χ0v) is 22.2. The number of nitrogens with one attached hydrogen (secondary N) is 2. The maximum atomic E-state index is 12.5. The van der Waals surface area contributed by atoms with Crippen LogP contribution >= 0.6 is 0 Å². The van der Waals surface area contributed by atoms with Gasteiger partial charge < -0.3 is 10.6 Å². The Labute approximate surface area is 217 Å². The van der Waals surface area contributed by atoms with Crippen LogP contribution in [0.1, 0.15) is 104 Å². The molecule has 2 aromatic carbocycles. The van der Waals surface area contributed by atoms with Crippen molar-refractivity contribution in [1.82, 2.24) is 0 Å². The summed E-state index contributed by atoms with van der Waals surface area (Å²) in [5.41, 5.74) is 2.66. The second kappa shape index (κ2) is 17.5. The van der Waals surface area contributed by atoms with Crippen LogP contribution in [-0.4, -0.2) is 11.8 Å². The third kappa shape index (κ3) is 11.7. The Morgan fingerprint density at radius 2 is 1.00 bits per heavy atom. The van der Waals surface area contributed by atoms with Crippen molar-refractivity contribution in [3.63, 3.8) is 0 Å². The summed E-state index contributed by atoms with van der Waals surface area (Å²) >= 11 is 0. The second-order valence-electron chi connectivity index (χ2n) is 9.61. The maximum absolute atomic E-state index is 12.5. The van der Waals surface area contributed by atoms with Crippen LogP contribution in [0, 0.1) is 0 Å². The van der Waals surface area contributed by atoms with E-state index in [1.165, 1.54) is 51.0 Å². The molecule has 0 radical (unpaired) electrons. The zero-order valence-electron chi connectivity index (χ0n) is 22.2. The molecule has 0 aromatic heterocycles. The number of carbonyl (C=O) groups is 2. The van der Waals surface area contributed by atoms with Crippen LogP contribution in [0.4, 0.5) is 11.4 Å². The number of rotatable bonds is 17. The number of anilines is 2. The summed E-state index contributed by atoms with van der Waals surface area (Å²) in [5, 5.41) is 5.74. The van der Waals surface area contributed by atoms with Crippen molar-refractivity contribution in [3.8, 4) is 11.1 Å². The van der Waals surface area contributed by atoms with Crippen molar-refractivity contribution in [2.75, 3.05) is 10.6 Å². The highest BCUT2D eigenvalue weighted by atomic mass is 16.2. The standard InChI is InChI=1S/C31H44N2O3/c1-3-5-7-9-11-13-15-30(35)32-27-21-17-25(18-22-27)26-19-23-28(29(34)24-20-26)33-31(36)16-14-12-10-8-6-4-2/h17-24H,3-16H2,1-2H3,(H,32,35)(H,33,34,36). The Hall–Kier alpha value is -2.95. The third-order valence-electron chi connectivity index (χ3n) is 6.40. The molecule has 0 fully saturated rings. The average molecular weight is 493 g/mol. The lowest BCUT2D eigenvalue weighted by atomic mass is 10.1. The molecule has 0 aliphatic heterocycles.